The number of aromatic nitrogens is 2. The number of nitrogens with zero attached hydrogens (tertiary/aromatic N) is 2. The van der Waals surface area contributed by atoms with Crippen molar-refractivity contribution in [3.05, 3.63) is 70.5 Å². The number of thioether (sulfide) groups is 1. The van der Waals surface area contributed by atoms with Gasteiger partial charge < -0.3 is 5.32 Å². The van der Waals surface area contributed by atoms with Gasteiger partial charge in [-0.3, -0.25) is 14.2 Å². The van der Waals surface area contributed by atoms with Crippen LogP contribution in [-0.4, -0.2) is 27.3 Å². The number of thiophene rings is 1. The third-order valence-electron chi connectivity index (χ3n) is 6.22. The minimum absolute atomic E-state index is 0.0195. The van der Waals surface area contributed by atoms with Crippen molar-refractivity contribution in [3.63, 3.8) is 0 Å². The number of carbonyl (C=O) groups is 1. The maximum absolute atomic E-state index is 13.5. The Balaban J connectivity index is 1.44. The monoisotopic (exact) mass is 477 g/mol. The zero-order valence-corrected chi connectivity index (χ0v) is 20.1. The van der Waals surface area contributed by atoms with Gasteiger partial charge in [-0.05, 0) is 30.9 Å². The molecule has 0 unspecified atom stereocenters. The number of fused-ring (bicyclic) bond motifs is 3. The fraction of sp³-hybridized carbons (Fsp3) is 0.346. The maximum Gasteiger partial charge on any atom is 0.272 e. The second-order valence-electron chi connectivity index (χ2n) is 8.55. The summed E-state index contributed by atoms with van der Waals surface area (Å²) in [5.74, 6) is 0.285. The van der Waals surface area contributed by atoms with Crippen molar-refractivity contribution in [2.45, 2.75) is 56.3 Å². The van der Waals surface area contributed by atoms with E-state index in [1.807, 2.05) is 42.5 Å². The van der Waals surface area contributed by atoms with Gasteiger partial charge in [0, 0.05) is 22.7 Å². The van der Waals surface area contributed by atoms with Gasteiger partial charge in [0.25, 0.3) is 5.56 Å². The van der Waals surface area contributed by atoms with Crippen LogP contribution in [0, 0.1) is 0 Å². The molecule has 7 heteroatoms. The molecule has 1 saturated carbocycles. The summed E-state index contributed by atoms with van der Waals surface area (Å²) in [7, 11) is 0. The number of amides is 1. The highest BCUT2D eigenvalue weighted by molar-refractivity contribution is 7.99. The standard InChI is InChI=1S/C26H27N3O2S2/c30-22(27-19-11-5-2-6-12-19)17-32-26-28-23-20-13-7-8-14-21(20)33-24(23)25(31)29(26)16-15-18-9-3-1-4-10-18/h1,3-4,7-10,13-14,19H,2,5-6,11-12,15-17H2,(H,27,30). The molecule has 1 fully saturated rings. The van der Waals surface area contributed by atoms with Crippen molar-refractivity contribution in [1.29, 1.82) is 0 Å². The van der Waals surface area contributed by atoms with Crippen molar-refractivity contribution in [2.75, 3.05) is 5.75 Å². The van der Waals surface area contributed by atoms with Gasteiger partial charge in [0.2, 0.25) is 5.91 Å². The molecule has 1 N–H and O–H groups in total. The molecule has 0 aliphatic heterocycles. The number of hydrogen-bond acceptors (Lipinski definition) is 5. The molecule has 0 bridgehead atoms. The van der Waals surface area contributed by atoms with Gasteiger partial charge >= 0.3 is 0 Å². The van der Waals surface area contributed by atoms with Crippen molar-refractivity contribution in [3.8, 4) is 0 Å². The maximum atomic E-state index is 13.5. The molecule has 4 aromatic rings. The van der Waals surface area contributed by atoms with Gasteiger partial charge in [0.15, 0.2) is 5.16 Å². The predicted octanol–water partition coefficient (Wildman–Crippen LogP) is 5.39. The second-order valence-corrected chi connectivity index (χ2v) is 10.5. The first-order valence-corrected chi connectivity index (χ1v) is 13.4. The van der Waals surface area contributed by atoms with Gasteiger partial charge in [-0.1, -0.05) is 79.6 Å². The van der Waals surface area contributed by atoms with Gasteiger partial charge in [-0.15, -0.1) is 11.3 Å². The third-order valence-corrected chi connectivity index (χ3v) is 8.34. The quantitative estimate of drug-likeness (QED) is 0.286. The molecule has 2 aromatic carbocycles. The first-order chi connectivity index (χ1) is 16.2. The zero-order chi connectivity index (χ0) is 22.6. The molecule has 0 radical (unpaired) electrons. The van der Waals surface area contributed by atoms with Gasteiger partial charge in [-0.25, -0.2) is 4.98 Å². The normalized spacial score (nSPS) is 14.7. The van der Waals surface area contributed by atoms with E-state index in [2.05, 4.69) is 17.4 Å². The minimum Gasteiger partial charge on any atom is -0.353 e. The Bertz CT molecular complexity index is 1320. The molecule has 1 amide bonds. The summed E-state index contributed by atoms with van der Waals surface area (Å²) < 4.78 is 3.49. The number of nitrogens with one attached hydrogen (secondary N) is 1. The highest BCUT2D eigenvalue weighted by Crippen LogP contribution is 2.32. The van der Waals surface area contributed by atoms with Crippen LogP contribution in [0.25, 0.3) is 20.3 Å². The lowest BCUT2D eigenvalue weighted by molar-refractivity contribution is -0.119. The molecule has 5 nitrogen and oxygen atoms in total. The smallest absolute Gasteiger partial charge is 0.272 e. The Morgan fingerprint density at radius 2 is 1.82 bits per heavy atom. The number of carbonyl (C=O) groups excluding carboxylic acids is 1. The first-order valence-electron chi connectivity index (χ1n) is 11.6. The molecule has 0 saturated heterocycles. The summed E-state index contributed by atoms with van der Waals surface area (Å²) in [5.41, 5.74) is 1.89. The molecule has 1 aliphatic carbocycles. The average molecular weight is 478 g/mol. The van der Waals surface area contributed by atoms with Crippen LogP contribution in [0.3, 0.4) is 0 Å². The van der Waals surface area contributed by atoms with Crippen LogP contribution < -0.4 is 10.9 Å². The molecule has 2 aromatic heterocycles. The number of aryl methyl sites for hydroxylation is 1. The molecule has 0 spiro atoms. The summed E-state index contributed by atoms with van der Waals surface area (Å²) in [6.07, 6.45) is 6.47. The fourth-order valence-electron chi connectivity index (χ4n) is 4.49. The van der Waals surface area contributed by atoms with Crippen molar-refractivity contribution in [1.82, 2.24) is 14.9 Å². The van der Waals surface area contributed by atoms with E-state index < -0.39 is 0 Å². The van der Waals surface area contributed by atoms with Crippen LogP contribution in [-0.2, 0) is 17.8 Å². The molecule has 1 aliphatic rings. The summed E-state index contributed by atoms with van der Waals surface area (Å²) in [5, 5.41) is 4.78. The van der Waals surface area contributed by atoms with E-state index in [0.29, 0.717) is 16.4 Å². The molecular weight excluding hydrogens is 450 g/mol. The van der Waals surface area contributed by atoms with Crippen LogP contribution in [0.5, 0.6) is 0 Å². The van der Waals surface area contributed by atoms with E-state index in [1.165, 1.54) is 47.9 Å². The highest BCUT2D eigenvalue weighted by atomic mass is 32.2. The largest absolute Gasteiger partial charge is 0.353 e. The average Bonchev–Trinajstić information content (AvgIpc) is 3.22. The van der Waals surface area contributed by atoms with E-state index in [4.69, 9.17) is 4.98 Å². The molecule has 0 atom stereocenters. The summed E-state index contributed by atoms with van der Waals surface area (Å²) >= 11 is 2.86. The van der Waals surface area contributed by atoms with Crippen LogP contribution in [0.15, 0.2) is 64.5 Å². The Kier molecular flexibility index (Phi) is 6.78. The van der Waals surface area contributed by atoms with Crippen LogP contribution in [0.2, 0.25) is 0 Å². The van der Waals surface area contributed by atoms with E-state index in [1.54, 1.807) is 4.57 Å². The van der Waals surface area contributed by atoms with Gasteiger partial charge in [-0.2, -0.15) is 0 Å². The summed E-state index contributed by atoms with van der Waals surface area (Å²) in [6.45, 7) is 0.534. The molecule has 170 valence electrons. The van der Waals surface area contributed by atoms with Crippen LogP contribution in [0.1, 0.15) is 37.7 Å². The van der Waals surface area contributed by atoms with E-state index in [9.17, 15) is 9.59 Å². The topological polar surface area (TPSA) is 64.0 Å². The number of rotatable bonds is 7. The molecular formula is C26H27N3O2S2. The lowest BCUT2D eigenvalue weighted by atomic mass is 9.95. The highest BCUT2D eigenvalue weighted by Gasteiger charge is 2.19. The Labute approximate surface area is 201 Å². The molecule has 2 heterocycles. The number of hydrogen-bond donors (Lipinski definition) is 1. The Morgan fingerprint density at radius 1 is 1.06 bits per heavy atom. The van der Waals surface area contributed by atoms with Crippen molar-refractivity contribution >= 4 is 49.3 Å². The summed E-state index contributed by atoms with van der Waals surface area (Å²) in [6, 6.07) is 18.4. The Morgan fingerprint density at radius 3 is 2.64 bits per heavy atom. The SMILES string of the molecule is O=C(CSc1nc2c(sc3ccccc32)c(=O)n1CCc1ccccc1)NC1CCCCC1. The second kappa shape index (κ2) is 10.1. The zero-order valence-electron chi connectivity index (χ0n) is 18.5. The van der Waals surface area contributed by atoms with Gasteiger partial charge in [0.05, 0.1) is 11.3 Å². The predicted molar refractivity (Wildman–Crippen MR) is 137 cm³/mol. The molecule has 33 heavy (non-hydrogen) atoms. The first kappa shape index (κ1) is 22.2. The lowest BCUT2D eigenvalue weighted by Gasteiger charge is -2.22. The number of benzene rings is 2. The Hall–Kier alpha value is -2.64. The van der Waals surface area contributed by atoms with Crippen molar-refractivity contribution in [2.24, 2.45) is 0 Å². The lowest BCUT2D eigenvalue weighted by Crippen LogP contribution is -2.37. The minimum atomic E-state index is -0.0210. The van der Waals surface area contributed by atoms with Crippen LogP contribution >= 0.6 is 23.1 Å². The fourth-order valence-corrected chi connectivity index (χ4v) is 6.41. The van der Waals surface area contributed by atoms with Crippen LogP contribution in [0.4, 0.5) is 0 Å². The van der Waals surface area contributed by atoms with E-state index in [-0.39, 0.29) is 23.3 Å². The van der Waals surface area contributed by atoms with Crippen molar-refractivity contribution < 1.29 is 4.79 Å². The summed E-state index contributed by atoms with van der Waals surface area (Å²) in [4.78, 5) is 31.1. The molecule has 5 rings (SSSR count). The van der Waals surface area contributed by atoms with E-state index in [0.717, 1.165) is 34.9 Å². The van der Waals surface area contributed by atoms with Gasteiger partial charge in [0.1, 0.15) is 4.70 Å². The van der Waals surface area contributed by atoms with E-state index >= 15 is 0 Å². The third kappa shape index (κ3) is 4.99.